The molecule has 1 aromatic rings. The number of rotatable bonds is 4. The minimum absolute atomic E-state index is 0.0598. The molecule has 1 heterocycles. The largest absolute Gasteiger partial charge is 0.347 e. The first kappa shape index (κ1) is 13.6. The lowest BCUT2D eigenvalue weighted by Crippen LogP contribution is -2.42. The second-order valence-electron chi connectivity index (χ2n) is 5.09. The number of hydrogen-bond acceptors (Lipinski definition) is 2. The molecule has 5 nitrogen and oxygen atoms in total. The van der Waals surface area contributed by atoms with Crippen LogP contribution in [0.25, 0.3) is 0 Å². The normalized spacial score (nSPS) is 16.6. The van der Waals surface area contributed by atoms with Gasteiger partial charge in [-0.2, -0.15) is 0 Å². The quantitative estimate of drug-likeness (QED) is 0.819. The van der Waals surface area contributed by atoms with E-state index in [-0.39, 0.29) is 12.1 Å². The molecule has 2 amide bonds. The van der Waals surface area contributed by atoms with Gasteiger partial charge in [0.05, 0.1) is 6.54 Å². The van der Waals surface area contributed by atoms with Gasteiger partial charge in [0.1, 0.15) is 5.82 Å². The summed E-state index contributed by atoms with van der Waals surface area (Å²) in [7, 11) is 1.78. The van der Waals surface area contributed by atoms with E-state index >= 15 is 0 Å². The van der Waals surface area contributed by atoms with Gasteiger partial charge in [-0.3, -0.25) is 0 Å². The number of amides is 2. The van der Waals surface area contributed by atoms with E-state index in [9.17, 15) is 4.79 Å². The van der Waals surface area contributed by atoms with Crippen LogP contribution in [0.1, 0.15) is 38.4 Å². The van der Waals surface area contributed by atoms with E-state index in [1.807, 2.05) is 0 Å². The van der Waals surface area contributed by atoms with E-state index in [0.29, 0.717) is 6.54 Å². The summed E-state index contributed by atoms with van der Waals surface area (Å²) < 4.78 is 0. The predicted molar refractivity (Wildman–Crippen MR) is 74.6 cm³/mol. The number of carbonyl (C=O) groups excluding carboxylic acids is 1. The number of aromatic nitrogens is 2. The van der Waals surface area contributed by atoms with Crippen molar-refractivity contribution in [3.05, 3.63) is 29.9 Å². The zero-order valence-electron chi connectivity index (χ0n) is 11.6. The lowest BCUT2D eigenvalue weighted by molar-refractivity contribution is 0.203. The third-order valence-corrected chi connectivity index (χ3v) is 3.51. The van der Waals surface area contributed by atoms with Crippen molar-refractivity contribution in [3.8, 4) is 0 Å². The molecule has 0 saturated heterocycles. The van der Waals surface area contributed by atoms with Crippen molar-refractivity contribution in [1.82, 2.24) is 20.2 Å². The van der Waals surface area contributed by atoms with Crippen LogP contribution in [0, 0.1) is 0 Å². The molecule has 0 saturated carbocycles. The van der Waals surface area contributed by atoms with E-state index in [4.69, 9.17) is 0 Å². The average Bonchev–Trinajstić information content (AvgIpc) is 2.92. The molecule has 1 aromatic heterocycles. The van der Waals surface area contributed by atoms with Gasteiger partial charge in [0.25, 0.3) is 0 Å². The van der Waals surface area contributed by atoms with Gasteiger partial charge in [-0.25, -0.2) is 9.78 Å². The summed E-state index contributed by atoms with van der Waals surface area (Å²) in [5, 5.41) is 3.04. The summed E-state index contributed by atoms with van der Waals surface area (Å²) >= 11 is 0. The maximum Gasteiger partial charge on any atom is 0.318 e. The number of nitrogens with zero attached hydrogens (tertiary/aromatic N) is 2. The summed E-state index contributed by atoms with van der Waals surface area (Å²) in [4.78, 5) is 20.8. The van der Waals surface area contributed by atoms with Crippen LogP contribution in [0.4, 0.5) is 4.79 Å². The van der Waals surface area contributed by atoms with Crippen LogP contribution in [0.5, 0.6) is 0 Å². The molecule has 0 spiro atoms. The van der Waals surface area contributed by atoms with Gasteiger partial charge in [-0.1, -0.05) is 11.6 Å². The molecule has 104 valence electrons. The van der Waals surface area contributed by atoms with E-state index < -0.39 is 0 Å². The number of hydrogen-bond donors (Lipinski definition) is 2. The summed E-state index contributed by atoms with van der Waals surface area (Å²) in [6.45, 7) is 2.54. The van der Waals surface area contributed by atoms with Crippen LogP contribution in [-0.2, 0) is 6.54 Å². The third kappa shape index (κ3) is 3.84. The van der Waals surface area contributed by atoms with Gasteiger partial charge in [0.15, 0.2) is 0 Å². The maximum atomic E-state index is 12.1. The summed E-state index contributed by atoms with van der Waals surface area (Å²) in [5.74, 6) is 0.794. The number of H-pyrrole nitrogens is 1. The first-order valence-corrected chi connectivity index (χ1v) is 6.85. The second kappa shape index (κ2) is 6.41. The Hall–Kier alpha value is -1.78. The highest BCUT2D eigenvalue weighted by atomic mass is 16.2. The number of urea groups is 1. The van der Waals surface area contributed by atoms with Crippen molar-refractivity contribution in [3.63, 3.8) is 0 Å². The van der Waals surface area contributed by atoms with Crippen molar-refractivity contribution in [1.29, 1.82) is 0 Å². The summed E-state index contributed by atoms with van der Waals surface area (Å²) in [6, 6.07) is 0.0576. The highest BCUT2D eigenvalue weighted by Crippen LogP contribution is 2.20. The van der Waals surface area contributed by atoms with Crippen LogP contribution >= 0.6 is 0 Å². The molecule has 0 bridgehead atoms. The zero-order chi connectivity index (χ0) is 13.7. The molecule has 0 fully saturated rings. The minimum Gasteiger partial charge on any atom is -0.347 e. The van der Waals surface area contributed by atoms with Crippen LogP contribution < -0.4 is 5.32 Å². The molecule has 5 heteroatoms. The van der Waals surface area contributed by atoms with E-state index in [1.165, 1.54) is 18.4 Å². The number of nitrogens with one attached hydrogen (secondary N) is 2. The Bertz CT molecular complexity index is 438. The van der Waals surface area contributed by atoms with Gasteiger partial charge in [0, 0.05) is 25.5 Å². The van der Waals surface area contributed by atoms with Crippen molar-refractivity contribution in [2.75, 3.05) is 7.05 Å². The molecule has 1 aliphatic carbocycles. The average molecular weight is 262 g/mol. The number of carbonyl (C=O) groups is 1. The van der Waals surface area contributed by atoms with Crippen molar-refractivity contribution < 1.29 is 4.79 Å². The minimum atomic E-state index is -0.0598. The molecular weight excluding hydrogens is 240 g/mol. The number of allylic oxidation sites excluding steroid dienone is 1. The molecule has 2 rings (SSSR count). The Morgan fingerprint density at radius 3 is 3.05 bits per heavy atom. The molecule has 19 heavy (non-hydrogen) atoms. The molecule has 0 aromatic carbocycles. The monoisotopic (exact) mass is 262 g/mol. The van der Waals surface area contributed by atoms with Gasteiger partial charge in [0.2, 0.25) is 0 Å². The zero-order valence-corrected chi connectivity index (χ0v) is 11.6. The molecular formula is C14H22N4O. The number of aromatic amines is 1. The van der Waals surface area contributed by atoms with E-state index in [1.54, 1.807) is 24.3 Å². The first-order valence-electron chi connectivity index (χ1n) is 6.85. The van der Waals surface area contributed by atoms with Crippen LogP contribution in [0.15, 0.2) is 24.0 Å². The Morgan fingerprint density at radius 2 is 2.42 bits per heavy atom. The highest BCUT2D eigenvalue weighted by molar-refractivity contribution is 5.74. The van der Waals surface area contributed by atoms with Gasteiger partial charge < -0.3 is 15.2 Å². The lowest BCUT2D eigenvalue weighted by atomic mass is 9.95. The van der Waals surface area contributed by atoms with E-state index in [2.05, 4.69) is 28.3 Å². The Kier molecular flexibility index (Phi) is 4.60. The Labute approximate surface area is 114 Å². The van der Waals surface area contributed by atoms with Crippen LogP contribution in [0.2, 0.25) is 0 Å². The molecule has 1 aliphatic rings. The van der Waals surface area contributed by atoms with Gasteiger partial charge in [-0.05, 0) is 32.6 Å². The van der Waals surface area contributed by atoms with E-state index in [0.717, 1.165) is 18.7 Å². The van der Waals surface area contributed by atoms with Crippen LogP contribution in [-0.4, -0.2) is 34.0 Å². The Balaban J connectivity index is 1.84. The summed E-state index contributed by atoms with van der Waals surface area (Å²) in [6.07, 6.45) is 10.5. The van der Waals surface area contributed by atoms with Crippen molar-refractivity contribution in [2.24, 2.45) is 0 Å². The molecule has 0 radical (unpaired) electrons. The maximum absolute atomic E-state index is 12.1. The fourth-order valence-corrected chi connectivity index (χ4v) is 2.33. The molecule has 2 N–H and O–H groups in total. The molecule has 0 unspecified atom stereocenters. The molecule has 0 aliphatic heterocycles. The van der Waals surface area contributed by atoms with Gasteiger partial charge in [-0.15, -0.1) is 0 Å². The fourth-order valence-electron chi connectivity index (χ4n) is 2.33. The predicted octanol–water partition coefficient (Wildman–Crippen LogP) is 2.44. The smallest absolute Gasteiger partial charge is 0.318 e. The second-order valence-corrected chi connectivity index (χ2v) is 5.09. The van der Waals surface area contributed by atoms with Crippen molar-refractivity contribution in [2.45, 2.75) is 45.2 Å². The number of imidazole rings is 1. The molecule has 1 atom stereocenters. The summed E-state index contributed by atoms with van der Waals surface area (Å²) in [5.41, 5.74) is 1.35. The lowest BCUT2D eigenvalue weighted by Gasteiger charge is -2.24. The van der Waals surface area contributed by atoms with Crippen LogP contribution in [0.3, 0.4) is 0 Å². The fraction of sp³-hybridized carbons (Fsp3) is 0.571. The third-order valence-electron chi connectivity index (χ3n) is 3.51. The first-order chi connectivity index (χ1) is 9.16. The van der Waals surface area contributed by atoms with Crippen molar-refractivity contribution >= 4 is 6.03 Å². The van der Waals surface area contributed by atoms with Gasteiger partial charge >= 0.3 is 6.03 Å². The standard InChI is InChI=1S/C14H22N4O/c1-11(12-6-4-3-5-7-12)17-14(19)18(2)10-13-15-8-9-16-13/h6,8-9,11H,3-5,7,10H2,1-2H3,(H,15,16)(H,17,19)/t11-/m1/s1. The topological polar surface area (TPSA) is 61.0 Å². The highest BCUT2D eigenvalue weighted by Gasteiger charge is 2.16. The SMILES string of the molecule is C[C@@H](NC(=O)N(C)Cc1ncc[nH]1)C1=CCCCC1. The Morgan fingerprint density at radius 1 is 1.58 bits per heavy atom.